The molecule has 1 amide bonds. The topological polar surface area (TPSA) is 82.8 Å². The standard InChI is InChI=1S/C30H29N5O2/c1-20-18-32-35-28(17-26(33-29(20)35)25-8-4-5-9-27(25)36)31-19-21-12-14-34(15-13-21)30(37)24-11-10-22-6-2-3-7-23(22)16-24/h2-11,16-18,21,31,36H,12-15,19H2,1H3. The minimum Gasteiger partial charge on any atom is -0.507 e. The van der Waals surface area contributed by atoms with Crippen LogP contribution >= 0.6 is 0 Å². The molecule has 0 radical (unpaired) electrons. The molecule has 1 aliphatic rings. The number of para-hydroxylation sites is 1. The van der Waals surface area contributed by atoms with Crippen LogP contribution in [0.5, 0.6) is 5.75 Å². The number of rotatable bonds is 5. The van der Waals surface area contributed by atoms with E-state index in [1.807, 2.05) is 70.9 Å². The lowest BCUT2D eigenvalue weighted by Gasteiger charge is -2.32. The fourth-order valence-electron chi connectivity index (χ4n) is 5.12. The fourth-order valence-corrected chi connectivity index (χ4v) is 5.12. The number of likely N-dealkylation sites (tertiary alicyclic amines) is 1. The molecule has 6 rings (SSSR count). The summed E-state index contributed by atoms with van der Waals surface area (Å²) in [5.41, 5.74) is 3.88. The number of carbonyl (C=O) groups excluding carboxylic acids is 1. The number of fused-ring (bicyclic) bond motifs is 2. The van der Waals surface area contributed by atoms with Gasteiger partial charge in [-0.2, -0.15) is 9.61 Å². The van der Waals surface area contributed by atoms with Crippen molar-refractivity contribution in [1.29, 1.82) is 0 Å². The highest BCUT2D eigenvalue weighted by Gasteiger charge is 2.24. The van der Waals surface area contributed by atoms with Crippen LogP contribution in [0, 0.1) is 12.8 Å². The zero-order valence-electron chi connectivity index (χ0n) is 20.8. The average Bonchev–Trinajstić information content (AvgIpc) is 3.32. The highest BCUT2D eigenvalue weighted by molar-refractivity contribution is 5.98. The Morgan fingerprint density at radius 2 is 1.76 bits per heavy atom. The third-order valence-corrected chi connectivity index (χ3v) is 7.30. The maximum Gasteiger partial charge on any atom is 0.253 e. The molecule has 1 fully saturated rings. The zero-order chi connectivity index (χ0) is 25.4. The molecule has 7 heteroatoms. The number of aryl methyl sites for hydroxylation is 1. The van der Waals surface area contributed by atoms with Crippen LogP contribution in [0.25, 0.3) is 27.7 Å². The summed E-state index contributed by atoms with van der Waals surface area (Å²) >= 11 is 0. The van der Waals surface area contributed by atoms with Crippen molar-refractivity contribution in [2.24, 2.45) is 5.92 Å². The second-order valence-electron chi connectivity index (χ2n) is 9.79. The predicted octanol–water partition coefficient (Wildman–Crippen LogP) is 5.53. The number of nitrogens with one attached hydrogen (secondary N) is 1. The quantitative estimate of drug-likeness (QED) is 0.338. The second-order valence-corrected chi connectivity index (χ2v) is 9.79. The number of phenolic OH excluding ortho intramolecular Hbond substituents is 1. The lowest BCUT2D eigenvalue weighted by atomic mass is 9.96. The van der Waals surface area contributed by atoms with E-state index in [1.165, 1.54) is 0 Å². The van der Waals surface area contributed by atoms with Gasteiger partial charge in [0.2, 0.25) is 0 Å². The number of aromatic hydroxyl groups is 1. The number of amides is 1. The van der Waals surface area contributed by atoms with Gasteiger partial charge in [0.05, 0.1) is 11.9 Å². The Morgan fingerprint density at radius 1 is 1.00 bits per heavy atom. The summed E-state index contributed by atoms with van der Waals surface area (Å²) in [6.45, 7) is 4.24. The third-order valence-electron chi connectivity index (χ3n) is 7.30. The molecule has 1 aliphatic heterocycles. The Labute approximate surface area is 215 Å². The number of hydrogen-bond acceptors (Lipinski definition) is 5. The summed E-state index contributed by atoms with van der Waals surface area (Å²) in [6.07, 6.45) is 3.68. The van der Waals surface area contributed by atoms with Crippen LogP contribution in [-0.2, 0) is 0 Å². The van der Waals surface area contributed by atoms with Crippen LogP contribution in [0.15, 0.2) is 79.0 Å². The first-order valence-electron chi connectivity index (χ1n) is 12.7. The number of piperidine rings is 1. The summed E-state index contributed by atoms with van der Waals surface area (Å²) in [5, 5.41) is 20.7. The monoisotopic (exact) mass is 491 g/mol. The van der Waals surface area contributed by atoms with Gasteiger partial charge in [0.1, 0.15) is 11.6 Å². The van der Waals surface area contributed by atoms with Gasteiger partial charge in [0.25, 0.3) is 5.91 Å². The Kier molecular flexibility index (Phi) is 5.96. The van der Waals surface area contributed by atoms with Gasteiger partial charge in [-0.05, 0) is 60.7 Å². The molecule has 2 aromatic heterocycles. The molecule has 1 saturated heterocycles. The lowest BCUT2D eigenvalue weighted by Crippen LogP contribution is -2.40. The molecular weight excluding hydrogens is 462 g/mol. The van der Waals surface area contributed by atoms with Crippen LogP contribution in [0.1, 0.15) is 28.8 Å². The van der Waals surface area contributed by atoms with E-state index in [9.17, 15) is 9.90 Å². The van der Waals surface area contributed by atoms with Crippen molar-refractivity contribution in [3.8, 4) is 17.0 Å². The highest BCUT2D eigenvalue weighted by atomic mass is 16.3. The summed E-state index contributed by atoms with van der Waals surface area (Å²) in [7, 11) is 0. The van der Waals surface area contributed by atoms with Crippen molar-refractivity contribution in [2.45, 2.75) is 19.8 Å². The predicted molar refractivity (Wildman–Crippen MR) is 146 cm³/mol. The molecule has 3 aromatic carbocycles. The normalized spacial score (nSPS) is 14.4. The molecule has 0 unspecified atom stereocenters. The van der Waals surface area contributed by atoms with Crippen LogP contribution in [-0.4, -0.2) is 50.1 Å². The molecule has 0 spiro atoms. The molecular formula is C30H29N5O2. The van der Waals surface area contributed by atoms with Gasteiger partial charge < -0.3 is 15.3 Å². The zero-order valence-corrected chi connectivity index (χ0v) is 20.8. The number of benzene rings is 3. The number of aromatic nitrogens is 3. The molecule has 5 aromatic rings. The molecule has 3 heterocycles. The molecule has 0 atom stereocenters. The van der Waals surface area contributed by atoms with Crippen molar-refractivity contribution in [3.05, 3.63) is 90.1 Å². The van der Waals surface area contributed by atoms with Gasteiger partial charge in [0.15, 0.2) is 5.65 Å². The summed E-state index contributed by atoms with van der Waals surface area (Å²) < 4.78 is 1.82. The van der Waals surface area contributed by atoms with Crippen LogP contribution in [0.4, 0.5) is 5.82 Å². The summed E-state index contributed by atoms with van der Waals surface area (Å²) in [5.74, 6) is 1.58. The first-order valence-corrected chi connectivity index (χ1v) is 12.7. The Hall–Kier alpha value is -4.39. The Morgan fingerprint density at radius 3 is 2.57 bits per heavy atom. The second kappa shape index (κ2) is 9.58. The van der Waals surface area contributed by atoms with Gasteiger partial charge in [-0.3, -0.25) is 4.79 Å². The maximum atomic E-state index is 13.1. The van der Waals surface area contributed by atoms with Crippen molar-refractivity contribution in [1.82, 2.24) is 19.5 Å². The minimum absolute atomic E-state index is 0.104. The van der Waals surface area contributed by atoms with Crippen molar-refractivity contribution < 1.29 is 9.90 Å². The van der Waals surface area contributed by atoms with E-state index in [0.29, 0.717) is 17.2 Å². The molecule has 37 heavy (non-hydrogen) atoms. The summed E-state index contributed by atoms with van der Waals surface area (Å²) in [6, 6.07) is 23.2. The maximum absolute atomic E-state index is 13.1. The number of phenols is 1. The van der Waals surface area contributed by atoms with E-state index >= 15 is 0 Å². The van der Waals surface area contributed by atoms with Gasteiger partial charge in [-0.1, -0.05) is 42.5 Å². The van der Waals surface area contributed by atoms with E-state index in [1.54, 1.807) is 18.3 Å². The van der Waals surface area contributed by atoms with Crippen molar-refractivity contribution in [2.75, 3.05) is 25.0 Å². The third kappa shape index (κ3) is 4.48. The average molecular weight is 492 g/mol. The largest absolute Gasteiger partial charge is 0.507 e. The molecule has 0 aliphatic carbocycles. The fraction of sp³-hybridized carbons (Fsp3) is 0.233. The number of carbonyl (C=O) groups is 1. The smallest absolute Gasteiger partial charge is 0.253 e. The summed E-state index contributed by atoms with van der Waals surface area (Å²) in [4.78, 5) is 19.9. The van der Waals surface area contributed by atoms with Crippen molar-refractivity contribution >= 4 is 28.1 Å². The number of hydrogen-bond donors (Lipinski definition) is 2. The molecule has 0 saturated carbocycles. The van der Waals surface area contributed by atoms with Crippen LogP contribution in [0.3, 0.4) is 0 Å². The highest BCUT2D eigenvalue weighted by Crippen LogP contribution is 2.30. The van der Waals surface area contributed by atoms with E-state index < -0.39 is 0 Å². The van der Waals surface area contributed by atoms with Gasteiger partial charge in [-0.15, -0.1) is 0 Å². The number of nitrogens with zero attached hydrogens (tertiary/aromatic N) is 4. The van der Waals surface area contributed by atoms with E-state index in [-0.39, 0.29) is 11.7 Å². The van der Waals surface area contributed by atoms with Gasteiger partial charge in [-0.25, -0.2) is 4.98 Å². The van der Waals surface area contributed by atoms with E-state index in [4.69, 9.17) is 4.98 Å². The molecule has 7 nitrogen and oxygen atoms in total. The van der Waals surface area contributed by atoms with Gasteiger partial charge >= 0.3 is 0 Å². The van der Waals surface area contributed by atoms with Crippen molar-refractivity contribution in [3.63, 3.8) is 0 Å². The lowest BCUT2D eigenvalue weighted by molar-refractivity contribution is 0.0695. The number of anilines is 1. The first-order chi connectivity index (χ1) is 18.1. The Balaban J connectivity index is 1.14. The molecule has 186 valence electrons. The Bertz CT molecular complexity index is 1600. The minimum atomic E-state index is 0.104. The van der Waals surface area contributed by atoms with Crippen LogP contribution < -0.4 is 5.32 Å². The molecule has 0 bridgehead atoms. The SMILES string of the molecule is Cc1cnn2c(NCC3CCN(C(=O)c4ccc5ccccc5c4)CC3)cc(-c3ccccc3O)nc12. The van der Waals surface area contributed by atoms with E-state index in [0.717, 1.165) is 65.8 Å². The van der Waals surface area contributed by atoms with E-state index in [2.05, 4.69) is 16.5 Å². The van der Waals surface area contributed by atoms with Crippen LogP contribution in [0.2, 0.25) is 0 Å². The molecule has 2 N–H and O–H groups in total. The van der Waals surface area contributed by atoms with Gasteiger partial charge in [0, 0.05) is 42.4 Å². The first kappa shape index (κ1) is 23.0.